The van der Waals surface area contributed by atoms with Gasteiger partial charge in [-0.1, -0.05) is 36.4 Å². The number of hydrogen-bond acceptors (Lipinski definition) is 8. The lowest BCUT2D eigenvalue weighted by Crippen LogP contribution is -2.15. The van der Waals surface area contributed by atoms with E-state index in [1.54, 1.807) is 47.8 Å². The molecule has 4 rings (SSSR count). The normalized spacial score (nSPS) is 10.5. The summed E-state index contributed by atoms with van der Waals surface area (Å²) in [7, 11) is 0. The lowest BCUT2D eigenvalue weighted by atomic mass is 10.2. The third kappa shape index (κ3) is 9.40. The van der Waals surface area contributed by atoms with Crippen molar-refractivity contribution in [2.24, 2.45) is 11.5 Å². The summed E-state index contributed by atoms with van der Waals surface area (Å²) in [5, 5.41) is 0. The fourth-order valence-electron chi connectivity index (χ4n) is 3.66. The van der Waals surface area contributed by atoms with E-state index >= 15 is 0 Å². The highest BCUT2D eigenvalue weighted by Gasteiger charge is 2.14. The molecule has 0 fully saturated rings. The van der Waals surface area contributed by atoms with Crippen LogP contribution >= 0.6 is 23.5 Å². The van der Waals surface area contributed by atoms with Crippen molar-refractivity contribution in [3.8, 4) is 23.0 Å². The van der Waals surface area contributed by atoms with Crippen LogP contribution in [-0.4, -0.2) is 43.3 Å². The maximum absolute atomic E-state index is 12.0. The molecule has 0 aliphatic heterocycles. The number of primary amides is 2. The molecule has 212 valence electrons. The second-order valence-electron chi connectivity index (χ2n) is 8.47. The molecule has 0 unspecified atom stereocenters. The molecule has 4 aromatic rings. The molecule has 4 aromatic carbocycles. The lowest BCUT2D eigenvalue weighted by molar-refractivity contribution is 0.0987. The zero-order valence-electron chi connectivity index (χ0n) is 22.2. The van der Waals surface area contributed by atoms with E-state index in [-0.39, 0.29) is 17.9 Å². The van der Waals surface area contributed by atoms with Gasteiger partial charge in [0.2, 0.25) is 6.79 Å². The molecule has 0 radical (unpaired) electrons. The van der Waals surface area contributed by atoms with E-state index in [0.717, 1.165) is 9.79 Å². The van der Waals surface area contributed by atoms with Crippen molar-refractivity contribution in [1.82, 2.24) is 0 Å². The van der Waals surface area contributed by atoms with Gasteiger partial charge in [-0.05, 0) is 60.7 Å². The Morgan fingerprint density at radius 3 is 1.37 bits per heavy atom. The van der Waals surface area contributed by atoms with E-state index in [1.807, 2.05) is 60.7 Å². The first-order valence-corrected chi connectivity index (χ1v) is 14.7. The molecule has 0 saturated heterocycles. The predicted octanol–water partition coefficient (Wildman–Crippen LogP) is 5.64. The summed E-state index contributed by atoms with van der Waals surface area (Å²) >= 11 is 3.31. The zero-order valence-corrected chi connectivity index (χ0v) is 23.8. The summed E-state index contributed by atoms with van der Waals surface area (Å²) in [5.74, 6) is 1.64. The van der Waals surface area contributed by atoms with Crippen molar-refractivity contribution in [2.45, 2.75) is 9.79 Å². The van der Waals surface area contributed by atoms with Crippen LogP contribution in [0.2, 0.25) is 0 Å². The molecular weight excluding hydrogens is 560 g/mol. The fourth-order valence-corrected chi connectivity index (χ4v) is 5.16. The van der Waals surface area contributed by atoms with Gasteiger partial charge in [-0.2, -0.15) is 0 Å². The minimum Gasteiger partial charge on any atom is -0.492 e. The number of carbonyl (C=O) groups is 2. The number of nitrogens with two attached hydrogens (primary N) is 2. The maximum atomic E-state index is 12.0. The lowest BCUT2D eigenvalue weighted by Gasteiger charge is -2.14. The summed E-state index contributed by atoms with van der Waals surface area (Å²) in [6.07, 6.45) is 0. The van der Waals surface area contributed by atoms with Gasteiger partial charge in [0.1, 0.15) is 23.0 Å². The number of thioether (sulfide) groups is 2. The molecule has 4 N–H and O–H groups in total. The van der Waals surface area contributed by atoms with E-state index < -0.39 is 11.8 Å². The Kier molecular flexibility index (Phi) is 11.2. The van der Waals surface area contributed by atoms with E-state index in [0.29, 0.717) is 47.7 Å². The highest BCUT2D eigenvalue weighted by molar-refractivity contribution is 7.99. The predicted molar refractivity (Wildman–Crippen MR) is 161 cm³/mol. The molecule has 0 aliphatic carbocycles. The second-order valence-corrected chi connectivity index (χ2v) is 10.8. The van der Waals surface area contributed by atoms with Crippen molar-refractivity contribution in [1.29, 1.82) is 0 Å². The molecule has 2 amide bonds. The zero-order chi connectivity index (χ0) is 28.9. The van der Waals surface area contributed by atoms with Crippen LogP contribution in [0.15, 0.2) is 107 Å². The van der Waals surface area contributed by atoms with Crippen LogP contribution in [0, 0.1) is 0 Å². The molecule has 0 aliphatic rings. The Balaban J connectivity index is 1.27. The van der Waals surface area contributed by atoms with E-state index in [1.165, 1.54) is 12.1 Å². The summed E-state index contributed by atoms with van der Waals surface area (Å²) in [6, 6.07) is 29.5. The molecule has 0 spiro atoms. The minimum atomic E-state index is -0.633. The van der Waals surface area contributed by atoms with Crippen molar-refractivity contribution in [3.05, 3.63) is 108 Å². The third-order valence-corrected chi connectivity index (χ3v) is 7.54. The number of ether oxygens (including phenoxy) is 4. The van der Waals surface area contributed by atoms with Crippen LogP contribution in [0.4, 0.5) is 0 Å². The molecule has 0 heterocycles. The van der Waals surface area contributed by atoms with Crippen molar-refractivity contribution in [3.63, 3.8) is 0 Å². The van der Waals surface area contributed by atoms with Crippen LogP contribution in [0.1, 0.15) is 20.7 Å². The SMILES string of the molecule is NC(=O)c1cc(OCOc2ccc(OCCSc3ccccc3)c(C(N)=O)c2)ccc1OCCSc1ccccc1. The van der Waals surface area contributed by atoms with Gasteiger partial charge >= 0.3 is 0 Å². The van der Waals surface area contributed by atoms with Gasteiger partial charge in [-0.25, -0.2) is 0 Å². The minimum absolute atomic E-state index is 0.182. The second kappa shape index (κ2) is 15.5. The fraction of sp³-hybridized carbons (Fsp3) is 0.161. The highest BCUT2D eigenvalue weighted by atomic mass is 32.2. The van der Waals surface area contributed by atoms with Gasteiger partial charge in [0, 0.05) is 21.3 Å². The van der Waals surface area contributed by atoms with Crippen LogP contribution < -0.4 is 30.4 Å². The maximum Gasteiger partial charge on any atom is 0.252 e. The molecule has 0 bridgehead atoms. The molecule has 41 heavy (non-hydrogen) atoms. The van der Waals surface area contributed by atoms with Crippen molar-refractivity contribution >= 4 is 35.3 Å². The van der Waals surface area contributed by atoms with Crippen LogP contribution in [0.5, 0.6) is 23.0 Å². The quantitative estimate of drug-likeness (QED) is 0.0976. The van der Waals surface area contributed by atoms with E-state index in [9.17, 15) is 9.59 Å². The van der Waals surface area contributed by atoms with Crippen molar-refractivity contribution in [2.75, 3.05) is 31.5 Å². The van der Waals surface area contributed by atoms with E-state index in [4.69, 9.17) is 30.4 Å². The van der Waals surface area contributed by atoms with Crippen LogP contribution in [0.25, 0.3) is 0 Å². The number of amides is 2. The van der Waals surface area contributed by atoms with Gasteiger partial charge in [0.25, 0.3) is 11.8 Å². The first-order chi connectivity index (χ1) is 20.0. The Bertz CT molecular complexity index is 1330. The Morgan fingerprint density at radius 2 is 0.976 bits per heavy atom. The molecule has 0 saturated carbocycles. The molecule has 0 atom stereocenters. The van der Waals surface area contributed by atoms with Gasteiger partial charge in [0.15, 0.2) is 0 Å². The van der Waals surface area contributed by atoms with Gasteiger partial charge in [0.05, 0.1) is 24.3 Å². The largest absolute Gasteiger partial charge is 0.492 e. The van der Waals surface area contributed by atoms with Gasteiger partial charge in [-0.3, -0.25) is 9.59 Å². The summed E-state index contributed by atoms with van der Waals surface area (Å²) in [6.45, 7) is 0.617. The molecule has 10 heteroatoms. The van der Waals surface area contributed by atoms with Crippen molar-refractivity contribution < 1.29 is 28.5 Å². The number of benzene rings is 4. The smallest absolute Gasteiger partial charge is 0.252 e. The highest BCUT2D eigenvalue weighted by Crippen LogP contribution is 2.27. The monoisotopic (exact) mass is 590 g/mol. The summed E-state index contributed by atoms with van der Waals surface area (Å²) < 4.78 is 22.9. The first-order valence-electron chi connectivity index (χ1n) is 12.7. The first kappa shape index (κ1) is 29.7. The number of hydrogen-bond donors (Lipinski definition) is 2. The average molecular weight is 591 g/mol. The Labute approximate surface area is 247 Å². The number of carbonyl (C=O) groups excluding carboxylic acids is 2. The summed E-state index contributed by atoms with van der Waals surface area (Å²) in [5.41, 5.74) is 11.5. The molecular formula is C31H30N2O6S2. The van der Waals surface area contributed by atoms with Crippen LogP contribution in [0.3, 0.4) is 0 Å². The standard InChI is InChI=1S/C31H30N2O6S2/c32-30(34)26-19-22(11-13-28(26)36-15-17-40-24-7-3-1-4-8-24)38-21-39-23-12-14-29(27(20-23)31(33)35)37-16-18-41-25-9-5-2-6-10-25/h1-14,19-20H,15-18,21H2,(H2,32,34)(H2,33,35). The van der Waals surface area contributed by atoms with Crippen LogP contribution in [-0.2, 0) is 0 Å². The molecule has 0 aromatic heterocycles. The van der Waals surface area contributed by atoms with E-state index in [2.05, 4.69) is 0 Å². The molecule has 8 nitrogen and oxygen atoms in total. The Hall–Kier alpha value is -4.28. The number of rotatable bonds is 16. The summed E-state index contributed by atoms with van der Waals surface area (Å²) in [4.78, 5) is 26.3. The van der Waals surface area contributed by atoms with Gasteiger partial charge in [-0.15, -0.1) is 23.5 Å². The Morgan fingerprint density at radius 1 is 0.561 bits per heavy atom. The topological polar surface area (TPSA) is 123 Å². The van der Waals surface area contributed by atoms with Gasteiger partial charge < -0.3 is 30.4 Å². The third-order valence-electron chi connectivity index (χ3n) is 5.59. The average Bonchev–Trinajstić information content (AvgIpc) is 2.99.